The van der Waals surface area contributed by atoms with Crippen LogP contribution in [-0.2, 0) is 16.1 Å². The van der Waals surface area contributed by atoms with Crippen molar-refractivity contribution >= 4 is 17.7 Å². The van der Waals surface area contributed by atoms with Crippen LogP contribution >= 0.6 is 0 Å². The van der Waals surface area contributed by atoms with Crippen LogP contribution in [0.1, 0.15) is 46.1 Å². The Morgan fingerprint density at radius 2 is 1.69 bits per heavy atom. The van der Waals surface area contributed by atoms with Crippen LogP contribution in [-0.4, -0.2) is 71.7 Å². The van der Waals surface area contributed by atoms with E-state index in [9.17, 15) is 9.59 Å². The molecule has 0 radical (unpaired) electrons. The second-order valence-corrected chi connectivity index (χ2v) is 12.8. The lowest BCUT2D eigenvalue weighted by atomic mass is 9.72. The van der Waals surface area contributed by atoms with Gasteiger partial charge in [-0.2, -0.15) is 0 Å². The molecule has 2 saturated heterocycles. The molecule has 0 atom stereocenters. The zero-order valence-electron chi connectivity index (χ0n) is 25.1. The van der Waals surface area contributed by atoms with E-state index in [1.807, 2.05) is 56.9 Å². The van der Waals surface area contributed by atoms with Gasteiger partial charge in [-0.1, -0.05) is 54.6 Å². The first-order valence-corrected chi connectivity index (χ1v) is 15.0. The number of piperidine rings is 1. The number of likely N-dealkylation sites (N-methyl/N-ethyl adjacent to an activating group) is 1. The summed E-state index contributed by atoms with van der Waals surface area (Å²) < 4.78 is 11.3. The molecule has 42 heavy (non-hydrogen) atoms. The quantitative estimate of drug-likeness (QED) is 0.376. The molecule has 0 aliphatic carbocycles. The van der Waals surface area contributed by atoms with Gasteiger partial charge in [0, 0.05) is 50.4 Å². The van der Waals surface area contributed by atoms with Gasteiger partial charge in [0.05, 0.1) is 5.69 Å². The van der Waals surface area contributed by atoms with Crippen molar-refractivity contribution in [1.29, 1.82) is 0 Å². The average molecular weight is 569 g/mol. The molecule has 2 aromatic carbocycles. The van der Waals surface area contributed by atoms with Crippen LogP contribution in [0.3, 0.4) is 0 Å². The Morgan fingerprint density at radius 1 is 1.00 bits per heavy atom. The second-order valence-electron chi connectivity index (χ2n) is 12.8. The Kier molecular flexibility index (Phi) is 7.43. The summed E-state index contributed by atoms with van der Waals surface area (Å²) in [5, 5.41) is 0. The molecule has 3 aromatic rings. The van der Waals surface area contributed by atoms with E-state index in [0.717, 1.165) is 73.6 Å². The number of likely N-dealkylation sites (tertiary alicyclic amines) is 2. The molecule has 220 valence electrons. The lowest BCUT2D eigenvalue weighted by Gasteiger charge is -2.54. The second kappa shape index (κ2) is 11.1. The van der Waals surface area contributed by atoms with Gasteiger partial charge in [0.25, 0.3) is 5.91 Å². The molecule has 3 aliphatic heterocycles. The number of hydrogen-bond donors (Lipinski definition) is 0. The number of rotatable bonds is 5. The lowest BCUT2D eigenvalue weighted by molar-refractivity contribution is -0.121. The molecule has 2 fully saturated rings. The van der Waals surface area contributed by atoms with Crippen LogP contribution in [0.2, 0.25) is 0 Å². The minimum atomic E-state index is -0.460. The number of ether oxygens (including phenoxy) is 2. The van der Waals surface area contributed by atoms with E-state index in [0.29, 0.717) is 17.8 Å². The highest BCUT2D eigenvalue weighted by Gasteiger charge is 2.45. The number of nitrogens with zero attached hydrogens (tertiary/aromatic N) is 4. The largest absolute Gasteiger partial charge is 0.466 e. The Labute approximate surface area is 248 Å². The normalized spacial score (nSPS) is 18.3. The van der Waals surface area contributed by atoms with Crippen LogP contribution in [0.4, 0.5) is 10.5 Å². The molecule has 0 unspecified atom stereocenters. The minimum absolute atomic E-state index is 0.00720. The highest BCUT2D eigenvalue weighted by atomic mass is 16.6. The molecule has 6 rings (SSSR count). The van der Waals surface area contributed by atoms with Crippen LogP contribution in [0.25, 0.3) is 22.4 Å². The average Bonchev–Trinajstić information content (AvgIpc) is 2.96. The maximum atomic E-state index is 12.5. The fourth-order valence-electron chi connectivity index (χ4n) is 6.38. The van der Waals surface area contributed by atoms with E-state index in [4.69, 9.17) is 14.5 Å². The summed E-state index contributed by atoms with van der Waals surface area (Å²) >= 11 is 0. The van der Waals surface area contributed by atoms with Crippen molar-refractivity contribution in [3.05, 3.63) is 66.2 Å². The van der Waals surface area contributed by atoms with E-state index < -0.39 is 5.60 Å². The summed E-state index contributed by atoms with van der Waals surface area (Å²) in [4.78, 5) is 36.0. The summed E-state index contributed by atoms with van der Waals surface area (Å²) in [6.45, 7) is 12.8. The molecular formula is C34H40N4O4. The van der Waals surface area contributed by atoms with Crippen molar-refractivity contribution in [2.45, 2.75) is 52.7 Å². The number of hydrogen-bond acceptors (Lipinski definition) is 6. The van der Waals surface area contributed by atoms with Gasteiger partial charge in [0.1, 0.15) is 11.3 Å². The summed E-state index contributed by atoms with van der Waals surface area (Å²) in [7, 11) is 0. The van der Waals surface area contributed by atoms with Gasteiger partial charge in [0.2, 0.25) is 5.88 Å². The minimum Gasteiger partial charge on any atom is -0.466 e. The maximum absolute atomic E-state index is 12.5. The van der Waals surface area contributed by atoms with Gasteiger partial charge in [-0.3, -0.25) is 9.69 Å². The van der Waals surface area contributed by atoms with E-state index >= 15 is 0 Å². The SMILES string of the molecule is CCN1C(=O)COc2nc(-c3ccc(CN4CC5(CCN(C(=O)OC(C)(C)C)CC5)C4)cc3)c(-c3ccccc3)cc21. The smallest absolute Gasteiger partial charge is 0.410 e. The summed E-state index contributed by atoms with van der Waals surface area (Å²) in [5.74, 6) is 0.447. The first-order valence-electron chi connectivity index (χ1n) is 15.0. The van der Waals surface area contributed by atoms with Crippen LogP contribution in [0.15, 0.2) is 60.7 Å². The third-order valence-electron chi connectivity index (χ3n) is 8.52. The molecule has 0 bridgehead atoms. The number of carbonyl (C=O) groups is 2. The molecule has 4 heterocycles. The first-order chi connectivity index (χ1) is 20.1. The zero-order chi connectivity index (χ0) is 29.5. The standard InChI is InChI=1S/C34H40N4O4/c1-5-38-28-19-27(25-9-7-6-8-10-25)30(35-31(28)41-21-29(38)39)26-13-11-24(12-14-26)20-36-22-34(23-36)15-17-37(18-16-34)32(40)42-33(2,3)4/h6-14,19H,5,15-18,20-23H2,1-4H3. The van der Waals surface area contributed by atoms with Crippen molar-refractivity contribution in [3.63, 3.8) is 0 Å². The number of fused-ring (bicyclic) bond motifs is 1. The predicted octanol–water partition coefficient (Wildman–Crippen LogP) is 5.99. The monoisotopic (exact) mass is 568 g/mol. The summed E-state index contributed by atoms with van der Waals surface area (Å²) in [5.41, 5.74) is 5.71. The predicted molar refractivity (Wildman–Crippen MR) is 163 cm³/mol. The molecule has 0 N–H and O–H groups in total. The summed E-state index contributed by atoms with van der Waals surface area (Å²) in [6, 6.07) is 20.8. The van der Waals surface area contributed by atoms with Gasteiger partial charge in [-0.05, 0) is 63.1 Å². The lowest BCUT2D eigenvalue weighted by Crippen LogP contribution is -2.60. The number of aromatic nitrogens is 1. The zero-order valence-corrected chi connectivity index (χ0v) is 25.1. The van der Waals surface area contributed by atoms with Gasteiger partial charge in [-0.15, -0.1) is 0 Å². The fraction of sp³-hybridized carbons (Fsp3) is 0.441. The number of pyridine rings is 1. The van der Waals surface area contributed by atoms with E-state index in [1.54, 1.807) is 4.90 Å². The molecule has 1 aromatic heterocycles. The number of carbonyl (C=O) groups excluding carboxylic acids is 2. The highest BCUT2D eigenvalue weighted by Crippen LogP contribution is 2.42. The van der Waals surface area contributed by atoms with Gasteiger partial charge >= 0.3 is 6.09 Å². The first kappa shape index (κ1) is 28.2. The van der Waals surface area contributed by atoms with E-state index in [-0.39, 0.29) is 18.6 Å². The third kappa shape index (κ3) is 5.73. The van der Waals surface area contributed by atoms with Crippen molar-refractivity contribution in [1.82, 2.24) is 14.8 Å². The van der Waals surface area contributed by atoms with Gasteiger partial charge < -0.3 is 19.3 Å². The molecule has 2 amide bonds. The van der Waals surface area contributed by atoms with Crippen molar-refractivity contribution < 1.29 is 19.1 Å². The molecule has 8 heteroatoms. The topological polar surface area (TPSA) is 75.2 Å². The molecule has 3 aliphatic rings. The van der Waals surface area contributed by atoms with Crippen LogP contribution in [0, 0.1) is 5.41 Å². The molecular weight excluding hydrogens is 528 g/mol. The highest BCUT2D eigenvalue weighted by molar-refractivity contribution is 5.99. The van der Waals surface area contributed by atoms with Crippen molar-refractivity contribution in [2.24, 2.45) is 5.41 Å². The van der Waals surface area contributed by atoms with Crippen LogP contribution in [0.5, 0.6) is 5.88 Å². The molecule has 0 saturated carbocycles. The number of amides is 2. The number of anilines is 1. The molecule has 1 spiro atoms. The fourth-order valence-corrected chi connectivity index (χ4v) is 6.38. The Morgan fingerprint density at radius 3 is 2.33 bits per heavy atom. The third-order valence-corrected chi connectivity index (χ3v) is 8.52. The number of benzene rings is 2. The Balaban J connectivity index is 1.14. The van der Waals surface area contributed by atoms with Crippen molar-refractivity contribution in [2.75, 3.05) is 44.2 Å². The van der Waals surface area contributed by atoms with Gasteiger partial charge in [0.15, 0.2) is 6.61 Å². The van der Waals surface area contributed by atoms with Crippen molar-refractivity contribution in [3.8, 4) is 28.3 Å². The van der Waals surface area contributed by atoms with Gasteiger partial charge in [-0.25, -0.2) is 9.78 Å². The van der Waals surface area contributed by atoms with E-state index in [2.05, 4.69) is 41.3 Å². The Bertz CT molecular complexity index is 1450. The molecule has 8 nitrogen and oxygen atoms in total. The Hall–Kier alpha value is -3.91. The maximum Gasteiger partial charge on any atom is 0.410 e. The van der Waals surface area contributed by atoms with Crippen LogP contribution < -0.4 is 9.64 Å². The van der Waals surface area contributed by atoms with E-state index in [1.165, 1.54) is 5.56 Å². The summed E-state index contributed by atoms with van der Waals surface area (Å²) in [6.07, 6.45) is 1.86.